The summed E-state index contributed by atoms with van der Waals surface area (Å²) in [6.45, 7) is 2.71. The van der Waals surface area contributed by atoms with Gasteiger partial charge in [-0.25, -0.2) is 0 Å². The smallest absolute Gasteiger partial charge is 0.255 e. The van der Waals surface area contributed by atoms with Gasteiger partial charge in [0.1, 0.15) is 0 Å². The first kappa shape index (κ1) is 14.1. The van der Waals surface area contributed by atoms with Crippen molar-refractivity contribution in [2.24, 2.45) is 0 Å². The molecule has 21 heavy (non-hydrogen) atoms. The van der Waals surface area contributed by atoms with Crippen molar-refractivity contribution in [2.45, 2.75) is 25.8 Å². The van der Waals surface area contributed by atoms with Gasteiger partial charge in [0.25, 0.3) is 5.91 Å². The number of hydrogen-bond donors (Lipinski definition) is 0. The first-order chi connectivity index (χ1) is 10.1. The van der Waals surface area contributed by atoms with Crippen LogP contribution in [0, 0.1) is 6.92 Å². The van der Waals surface area contributed by atoms with Crippen LogP contribution in [0.1, 0.15) is 40.5 Å². The molecule has 1 atom stereocenters. The van der Waals surface area contributed by atoms with Crippen LogP contribution >= 0.6 is 11.6 Å². The Balaban J connectivity index is 1.85. The Hall–Kier alpha value is -1.87. The summed E-state index contributed by atoms with van der Waals surface area (Å²) in [6, 6.07) is 11.6. The van der Waals surface area contributed by atoms with Crippen molar-refractivity contribution >= 4 is 17.5 Å². The normalized spacial score (nSPS) is 18.0. The maximum Gasteiger partial charge on any atom is 0.255 e. The maximum absolute atomic E-state index is 12.7. The van der Waals surface area contributed by atoms with E-state index in [0.717, 1.165) is 35.7 Å². The van der Waals surface area contributed by atoms with Gasteiger partial charge >= 0.3 is 0 Å². The number of likely N-dealkylation sites (tertiary alicyclic amines) is 1. The lowest BCUT2D eigenvalue weighted by atomic mass is 10.0. The molecular weight excluding hydrogens is 284 g/mol. The summed E-state index contributed by atoms with van der Waals surface area (Å²) < 4.78 is 0. The zero-order chi connectivity index (χ0) is 14.8. The number of hydrogen-bond acceptors (Lipinski definition) is 2. The first-order valence-corrected chi connectivity index (χ1v) is 7.52. The predicted octanol–water partition coefficient (Wildman–Crippen LogP) is 4.02. The van der Waals surface area contributed by atoms with E-state index in [1.165, 1.54) is 0 Å². The number of benzene rings is 1. The molecule has 1 aliphatic heterocycles. The summed E-state index contributed by atoms with van der Waals surface area (Å²) in [5.41, 5.74) is 2.72. The topological polar surface area (TPSA) is 33.2 Å². The molecule has 1 aliphatic rings. The Kier molecular flexibility index (Phi) is 3.93. The highest BCUT2D eigenvalue weighted by molar-refractivity contribution is 6.30. The average molecular weight is 301 g/mol. The van der Waals surface area contributed by atoms with Crippen LogP contribution in [-0.4, -0.2) is 22.3 Å². The number of carbonyl (C=O) groups excluding carboxylic acids is 1. The number of carbonyl (C=O) groups is 1. The van der Waals surface area contributed by atoms with Crippen LogP contribution in [0.25, 0.3) is 0 Å². The van der Waals surface area contributed by atoms with Crippen molar-refractivity contribution in [3.8, 4) is 0 Å². The summed E-state index contributed by atoms with van der Waals surface area (Å²) in [4.78, 5) is 18.8. The zero-order valence-corrected chi connectivity index (χ0v) is 12.7. The van der Waals surface area contributed by atoms with E-state index in [1.807, 2.05) is 48.2 Å². The van der Waals surface area contributed by atoms with Gasteiger partial charge in [-0.3, -0.25) is 9.78 Å². The van der Waals surface area contributed by atoms with Gasteiger partial charge in [-0.2, -0.15) is 0 Å². The van der Waals surface area contributed by atoms with Crippen molar-refractivity contribution in [3.63, 3.8) is 0 Å². The lowest BCUT2D eigenvalue weighted by molar-refractivity contribution is 0.0735. The van der Waals surface area contributed by atoms with Crippen molar-refractivity contribution in [1.82, 2.24) is 9.88 Å². The minimum Gasteiger partial charge on any atom is -0.332 e. The van der Waals surface area contributed by atoms with E-state index < -0.39 is 0 Å². The fourth-order valence-corrected chi connectivity index (χ4v) is 2.93. The second-order valence-electron chi connectivity index (χ2n) is 5.40. The molecule has 2 aromatic rings. The summed E-state index contributed by atoms with van der Waals surface area (Å²) >= 11 is 5.94. The molecule has 0 bridgehead atoms. The highest BCUT2D eigenvalue weighted by Gasteiger charge is 2.30. The Morgan fingerprint density at radius 2 is 2.00 bits per heavy atom. The molecule has 1 aromatic heterocycles. The Bertz CT molecular complexity index is 637. The molecule has 4 heteroatoms. The molecule has 3 rings (SSSR count). The SMILES string of the molecule is Cc1ccc(C(=O)N2CCCC2c2ccc(Cl)cc2)cn1. The highest BCUT2D eigenvalue weighted by Crippen LogP contribution is 2.33. The second kappa shape index (κ2) is 5.86. The van der Waals surface area contributed by atoms with E-state index in [-0.39, 0.29) is 11.9 Å². The van der Waals surface area contributed by atoms with E-state index in [4.69, 9.17) is 11.6 Å². The van der Waals surface area contributed by atoms with E-state index in [1.54, 1.807) is 6.20 Å². The van der Waals surface area contributed by atoms with Crippen molar-refractivity contribution < 1.29 is 4.79 Å². The number of rotatable bonds is 2. The van der Waals surface area contributed by atoms with Crippen LogP contribution in [0.5, 0.6) is 0 Å². The molecule has 1 aromatic carbocycles. The monoisotopic (exact) mass is 300 g/mol. The number of aryl methyl sites for hydroxylation is 1. The molecule has 108 valence electrons. The first-order valence-electron chi connectivity index (χ1n) is 7.14. The van der Waals surface area contributed by atoms with Crippen molar-refractivity contribution in [2.75, 3.05) is 6.54 Å². The number of pyridine rings is 1. The van der Waals surface area contributed by atoms with Gasteiger partial charge in [-0.15, -0.1) is 0 Å². The van der Waals surface area contributed by atoms with Gasteiger partial charge in [0.05, 0.1) is 11.6 Å². The number of amides is 1. The molecule has 0 aliphatic carbocycles. The fourth-order valence-electron chi connectivity index (χ4n) is 2.80. The molecule has 3 nitrogen and oxygen atoms in total. The summed E-state index contributed by atoms with van der Waals surface area (Å²) in [6.07, 6.45) is 3.68. The molecule has 1 unspecified atom stereocenters. The van der Waals surface area contributed by atoms with Crippen LogP contribution in [-0.2, 0) is 0 Å². The predicted molar refractivity (Wildman–Crippen MR) is 83.4 cm³/mol. The van der Waals surface area contributed by atoms with Gasteiger partial charge in [0, 0.05) is 23.5 Å². The van der Waals surface area contributed by atoms with Gasteiger partial charge < -0.3 is 4.90 Å². The lowest BCUT2D eigenvalue weighted by Gasteiger charge is -2.25. The average Bonchev–Trinajstić information content (AvgIpc) is 2.97. The number of aromatic nitrogens is 1. The van der Waals surface area contributed by atoms with Crippen molar-refractivity contribution in [3.05, 3.63) is 64.4 Å². The minimum absolute atomic E-state index is 0.0555. The molecule has 0 radical (unpaired) electrons. The third kappa shape index (κ3) is 2.93. The summed E-state index contributed by atoms with van der Waals surface area (Å²) in [7, 11) is 0. The highest BCUT2D eigenvalue weighted by atomic mass is 35.5. The van der Waals surface area contributed by atoms with Crippen LogP contribution in [0.15, 0.2) is 42.6 Å². The quantitative estimate of drug-likeness (QED) is 0.839. The molecular formula is C17H17ClN2O. The molecule has 0 saturated carbocycles. The minimum atomic E-state index is 0.0555. The van der Waals surface area contributed by atoms with Crippen LogP contribution < -0.4 is 0 Å². The standard InChI is InChI=1S/C17H17ClN2O/c1-12-4-5-14(11-19-12)17(21)20-10-2-3-16(20)13-6-8-15(18)9-7-13/h4-9,11,16H,2-3,10H2,1H3. The van der Waals surface area contributed by atoms with Crippen LogP contribution in [0.3, 0.4) is 0 Å². The van der Waals surface area contributed by atoms with Gasteiger partial charge in [0.2, 0.25) is 0 Å². The molecule has 1 amide bonds. The van der Waals surface area contributed by atoms with Gasteiger partial charge in [-0.05, 0) is 49.6 Å². The number of nitrogens with zero attached hydrogens (tertiary/aromatic N) is 2. The fraction of sp³-hybridized carbons (Fsp3) is 0.294. The zero-order valence-electron chi connectivity index (χ0n) is 11.9. The number of halogens is 1. The van der Waals surface area contributed by atoms with E-state index in [2.05, 4.69) is 4.98 Å². The van der Waals surface area contributed by atoms with Crippen LogP contribution in [0.2, 0.25) is 5.02 Å². The maximum atomic E-state index is 12.7. The van der Waals surface area contributed by atoms with E-state index in [0.29, 0.717) is 5.56 Å². The van der Waals surface area contributed by atoms with Crippen molar-refractivity contribution in [1.29, 1.82) is 0 Å². The van der Waals surface area contributed by atoms with E-state index in [9.17, 15) is 4.79 Å². The summed E-state index contributed by atoms with van der Waals surface area (Å²) in [5.74, 6) is 0.0555. The molecule has 0 N–H and O–H groups in total. The Labute approximate surface area is 129 Å². The second-order valence-corrected chi connectivity index (χ2v) is 5.83. The van der Waals surface area contributed by atoms with Crippen LogP contribution in [0.4, 0.5) is 0 Å². The molecule has 1 fully saturated rings. The molecule has 0 spiro atoms. The molecule has 1 saturated heterocycles. The van der Waals surface area contributed by atoms with Gasteiger partial charge in [0.15, 0.2) is 0 Å². The lowest BCUT2D eigenvalue weighted by Crippen LogP contribution is -2.30. The summed E-state index contributed by atoms with van der Waals surface area (Å²) in [5, 5.41) is 0.720. The van der Waals surface area contributed by atoms with Gasteiger partial charge in [-0.1, -0.05) is 23.7 Å². The molecule has 2 heterocycles. The Morgan fingerprint density at radius 1 is 1.24 bits per heavy atom. The third-order valence-corrected chi connectivity index (χ3v) is 4.18. The van der Waals surface area contributed by atoms with E-state index >= 15 is 0 Å². The largest absolute Gasteiger partial charge is 0.332 e. The third-order valence-electron chi connectivity index (χ3n) is 3.93. The Morgan fingerprint density at radius 3 is 2.67 bits per heavy atom.